The minimum atomic E-state index is -0.258. The summed E-state index contributed by atoms with van der Waals surface area (Å²) in [6.07, 6.45) is 0. The third-order valence-corrected chi connectivity index (χ3v) is 5.69. The molecule has 0 fully saturated rings. The second-order valence-corrected chi connectivity index (χ2v) is 7.67. The maximum Gasteiger partial charge on any atom is 0.164 e. The first-order valence-corrected chi connectivity index (χ1v) is 10.5. The number of aromatic nitrogens is 3. The molecule has 0 aliphatic carbocycles. The summed E-state index contributed by atoms with van der Waals surface area (Å²) in [5.74, 6) is -0.258. The second kappa shape index (κ2) is 7.43. The number of halogens is 1. The molecular formula is C28H18FN3. The molecule has 0 bridgehead atoms. The van der Waals surface area contributed by atoms with Crippen LogP contribution in [-0.4, -0.2) is 14.8 Å². The van der Waals surface area contributed by atoms with Gasteiger partial charge >= 0.3 is 0 Å². The maximum atomic E-state index is 13.8. The Bertz CT molecular complexity index is 1550. The fourth-order valence-corrected chi connectivity index (χ4v) is 4.24. The van der Waals surface area contributed by atoms with E-state index in [1.165, 1.54) is 12.1 Å². The van der Waals surface area contributed by atoms with Crippen LogP contribution < -0.4 is 0 Å². The van der Waals surface area contributed by atoms with E-state index in [4.69, 9.17) is 10.1 Å². The summed E-state index contributed by atoms with van der Waals surface area (Å²) in [6, 6.07) is 34.9. The van der Waals surface area contributed by atoms with E-state index in [0.29, 0.717) is 0 Å². The lowest BCUT2D eigenvalue weighted by atomic mass is 9.95. The molecule has 0 unspecified atom stereocenters. The van der Waals surface area contributed by atoms with Gasteiger partial charge in [-0.25, -0.2) is 14.1 Å². The van der Waals surface area contributed by atoms with Crippen LogP contribution in [0.15, 0.2) is 109 Å². The highest BCUT2D eigenvalue weighted by atomic mass is 19.1. The Kier molecular flexibility index (Phi) is 4.29. The molecule has 0 aliphatic heterocycles. The first-order chi connectivity index (χ1) is 15.8. The van der Waals surface area contributed by atoms with E-state index in [-0.39, 0.29) is 5.82 Å². The van der Waals surface area contributed by atoms with Crippen molar-refractivity contribution >= 4 is 21.9 Å². The van der Waals surface area contributed by atoms with Crippen LogP contribution in [0.5, 0.6) is 0 Å². The zero-order valence-corrected chi connectivity index (χ0v) is 17.1. The van der Waals surface area contributed by atoms with Crippen LogP contribution in [0, 0.1) is 5.82 Å². The molecular weight excluding hydrogens is 397 g/mol. The van der Waals surface area contributed by atoms with Gasteiger partial charge in [0, 0.05) is 16.5 Å². The van der Waals surface area contributed by atoms with Crippen molar-refractivity contribution in [3.05, 3.63) is 115 Å². The van der Waals surface area contributed by atoms with Crippen molar-refractivity contribution in [3.63, 3.8) is 0 Å². The van der Waals surface area contributed by atoms with E-state index < -0.39 is 0 Å². The van der Waals surface area contributed by atoms with Crippen LogP contribution in [0.3, 0.4) is 0 Å². The standard InChI is InChI=1S/C28H18FN3/c29-21-17-15-19(16-18-21)25-23-13-7-8-14-24(23)30-28-26(25)27(20-9-3-1-4-10-20)31-32(28)22-11-5-2-6-12-22/h1-18H. The van der Waals surface area contributed by atoms with Gasteiger partial charge in [0.1, 0.15) is 11.5 Å². The number of pyridine rings is 1. The summed E-state index contributed by atoms with van der Waals surface area (Å²) in [6.45, 7) is 0. The van der Waals surface area contributed by atoms with E-state index in [2.05, 4.69) is 18.2 Å². The van der Waals surface area contributed by atoms with Crippen molar-refractivity contribution in [1.29, 1.82) is 0 Å². The molecule has 6 rings (SSSR count). The molecule has 0 amide bonds. The van der Waals surface area contributed by atoms with Gasteiger partial charge in [0.2, 0.25) is 0 Å². The van der Waals surface area contributed by atoms with Crippen LogP contribution >= 0.6 is 0 Å². The number of benzene rings is 4. The van der Waals surface area contributed by atoms with Crippen molar-refractivity contribution < 1.29 is 4.39 Å². The third kappa shape index (κ3) is 2.96. The highest BCUT2D eigenvalue weighted by Crippen LogP contribution is 2.40. The Labute approximate surface area is 184 Å². The fraction of sp³-hybridized carbons (Fsp3) is 0. The lowest BCUT2D eigenvalue weighted by Crippen LogP contribution is -1.98. The first kappa shape index (κ1) is 18.5. The topological polar surface area (TPSA) is 30.7 Å². The zero-order chi connectivity index (χ0) is 21.5. The highest BCUT2D eigenvalue weighted by molar-refractivity contribution is 6.13. The Hall–Kier alpha value is -4.31. The number of hydrogen-bond donors (Lipinski definition) is 0. The van der Waals surface area contributed by atoms with E-state index in [1.807, 2.05) is 83.5 Å². The Morgan fingerprint density at radius 2 is 1.28 bits per heavy atom. The molecule has 0 saturated carbocycles. The molecule has 6 aromatic rings. The molecule has 4 heteroatoms. The smallest absolute Gasteiger partial charge is 0.164 e. The molecule has 0 aliphatic rings. The minimum absolute atomic E-state index is 0.258. The van der Waals surface area contributed by atoms with E-state index in [1.54, 1.807) is 0 Å². The maximum absolute atomic E-state index is 13.8. The number of nitrogens with zero attached hydrogens (tertiary/aromatic N) is 3. The molecule has 0 saturated heterocycles. The van der Waals surface area contributed by atoms with Gasteiger partial charge in [-0.1, -0.05) is 78.9 Å². The summed E-state index contributed by atoms with van der Waals surface area (Å²) in [5.41, 5.74) is 6.37. The lowest BCUT2D eigenvalue weighted by Gasteiger charge is -2.11. The normalized spacial score (nSPS) is 11.3. The molecule has 4 aromatic carbocycles. The van der Waals surface area contributed by atoms with E-state index in [9.17, 15) is 4.39 Å². The average molecular weight is 415 g/mol. The molecule has 2 heterocycles. The molecule has 0 N–H and O–H groups in total. The molecule has 2 aromatic heterocycles. The largest absolute Gasteiger partial charge is 0.228 e. The Morgan fingerprint density at radius 1 is 0.625 bits per heavy atom. The third-order valence-electron chi connectivity index (χ3n) is 5.69. The number of para-hydroxylation sites is 2. The summed E-state index contributed by atoms with van der Waals surface area (Å²) in [7, 11) is 0. The predicted octanol–water partition coefficient (Wildman–Crippen LogP) is 7.05. The first-order valence-electron chi connectivity index (χ1n) is 10.5. The van der Waals surface area contributed by atoms with Crippen molar-refractivity contribution in [3.8, 4) is 28.1 Å². The van der Waals surface area contributed by atoms with Crippen LogP contribution in [0.1, 0.15) is 0 Å². The van der Waals surface area contributed by atoms with Gasteiger partial charge in [0.25, 0.3) is 0 Å². The summed E-state index contributed by atoms with van der Waals surface area (Å²) >= 11 is 0. The molecule has 32 heavy (non-hydrogen) atoms. The lowest BCUT2D eigenvalue weighted by molar-refractivity contribution is 0.628. The number of fused-ring (bicyclic) bond motifs is 2. The molecule has 0 radical (unpaired) electrons. The Morgan fingerprint density at radius 3 is 2.03 bits per heavy atom. The quantitative estimate of drug-likeness (QED) is 0.310. The van der Waals surface area contributed by atoms with Gasteiger partial charge in [-0.3, -0.25) is 0 Å². The van der Waals surface area contributed by atoms with Crippen LogP contribution in [0.4, 0.5) is 4.39 Å². The molecule has 3 nitrogen and oxygen atoms in total. The molecule has 152 valence electrons. The van der Waals surface area contributed by atoms with Gasteiger partial charge in [-0.2, -0.15) is 5.10 Å². The van der Waals surface area contributed by atoms with Crippen LogP contribution in [0.25, 0.3) is 50.0 Å². The average Bonchev–Trinajstić information content (AvgIpc) is 3.23. The summed E-state index contributed by atoms with van der Waals surface area (Å²) < 4.78 is 15.7. The molecule has 0 atom stereocenters. The van der Waals surface area contributed by atoms with Crippen molar-refractivity contribution in [2.45, 2.75) is 0 Å². The van der Waals surface area contributed by atoms with Gasteiger partial charge in [0.15, 0.2) is 5.65 Å². The van der Waals surface area contributed by atoms with E-state index in [0.717, 1.165) is 50.0 Å². The second-order valence-electron chi connectivity index (χ2n) is 7.67. The monoisotopic (exact) mass is 415 g/mol. The van der Waals surface area contributed by atoms with Crippen molar-refractivity contribution in [1.82, 2.24) is 14.8 Å². The summed E-state index contributed by atoms with van der Waals surface area (Å²) in [5, 5.41) is 7.00. The van der Waals surface area contributed by atoms with E-state index >= 15 is 0 Å². The zero-order valence-electron chi connectivity index (χ0n) is 17.1. The summed E-state index contributed by atoms with van der Waals surface area (Å²) in [4.78, 5) is 5.03. The minimum Gasteiger partial charge on any atom is -0.228 e. The Balaban J connectivity index is 1.81. The fourth-order valence-electron chi connectivity index (χ4n) is 4.24. The SMILES string of the molecule is Fc1ccc(-c2c3ccccc3nc3c2c(-c2ccccc2)nn3-c2ccccc2)cc1. The number of hydrogen-bond acceptors (Lipinski definition) is 2. The van der Waals surface area contributed by atoms with Gasteiger partial charge < -0.3 is 0 Å². The predicted molar refractivity (Wildman–Crippen MR) is 127 cm³/mol. The highest BCUT2D eigenvalue weighted by Gasteiger charge is 2.21. The van der Waals surface area contributed by atoms with Gasteiger partial charge in [0.05, 0.1) is 16.6 Å². The van der Waals surface area contributed by atoms with Gasteiger partial charge in [-0.05, 0) is 35.9 Å². The molecule has 0 spiro atoms. The van der Waals surface area contributed by atoms with Gasteiger partial charge in [-0.15, -0.1) is 0 Å². The van der Waals surface area contributed by atoms with Crippen molar-refractivity contribution in [2.75, 3.05) is 0 Å². The number of rotatable bonds is 3. The van der Waals surface area contributed by atoms with Crippen molar-refractivity contribution in [2.24, 2.45) is 0 Å². The van der Waals surface area contributed by atoms with Crippen LogP contribution in [0.2, 0.25) is 0 Å². The van der Waals surface area contributed by atoms with Crippen LogP contribution in [-0.2, 0) is 0 Å².